The molecule has 4 heteroatoms. The highest BCUT2D eigenvalue weighted by Gasteiger charge is 2.23. The molecule has 0 saturated carbocycles. The lowest BCUT2D eigenvalue weighted by Crippen LogP contribution is -2.20. The van der Waals surface area contributed by atoms with Crippen LogP contribution in [0.4, 0.5) is 8.78 Å². The van der Waals surface area contributed by atoms with E-state index < -0.39 is 14.6 Å². The lowest BCUT2D eigenvalue weighted by atomic mass is 9.91. The van der Waals surface area contributed by atoms with Gasteiger partial charge in [0.05, 0.1) is 5.56 Å². The van der Waals surface area contributed by atoms with Crippen molar-refractivity contribution < 1.29 is 8.78 Å². The number of halogens is 2. The summed E-state index contributed by atoms with van der Waals surface area (Å²) >= 11 is 0. The molecule has 0 unspecified atom stereocenters. The molecule has 0 bridgehead atoms. The predicted octanol–water partition coefficient (Wildman–Crippen LogP) is 7.80. The lowest BCUT2D eigenvalue weighted by Gasteiger charge is -2.28. The van der Waals surface area contributed by atoms with E-state index in [0.29, 0.717) is 17.9 Å². The predicted molar refractivity (Wildman–Crippen MR) is 134 cm³/mol. The van der Waals surface area contributed by atoms with Gasteiger partial charge < -0.3 is 0 Å². The van der Waals surface area contributed by atoms with Gasteiger partial charge in [0.2, 0.25) is 0 Å². The second-order valence-corrected chi connectivity index (χ2v) is 12.8. The molecule has 1 aliphatic heterocycles. The zero-order valence-electron chi connectivity index (χ0n) is 19.3. The Balaban J connectivity index is 1.38. The maximum Gasteiger partial charge on any atom is 0.141 e. The second kappa shape index (κ2) is 10.9. The first-order valence-electron chi connectivity index (χ1n) is 12.1. The molecule has 1 nitrogen and oxygen atoms in total. The summed E-state index contributed by atoms with van der Waals surface area (Å²) in [4.78, 5) is 0. The molecule has 4 rings (SSSR count). The summed E-state index contributed by atoms with van der Waals surface area (Å²) in [5, 5.41) is 8.85. The molecule has 33 heavy (non-hydrogen) atoms. The van der Waals surface area contributed by atoms with E-state index in [1.807, 2.05) is 36.4 Å². The van der Waals surface area contributed by atoms with Crippen LogP contribution in [-0.4, -0.2) is 8.80 Å². The average molecular weight is 460 g/mol. The zero-order chi connectivity index (χ0) is 23.2. The van der Waals surface area contributed by atoms with E-state index in [0.717, 1.165) is 28.7 Å². The molecule has 3 aromatic rings. The fourth-order valence-electron chi connectivity index (χ4n) is 5.16. The van der Waals surface area contributed by atoms with Crippen LogP contribution in [0.2, 0.25) is 18.1 Å². The summed E-state index contributed by atoms with van der Waals surface area (Å²) in [5.74, 6) is -0.0924. The van der Waals surface area contributed by atoms with Gasteiger partial charge in [-0.05, 0) is 72.1 Å². The van der Waals surface area contributed by atoms with Gasteiger partial charge in [0.1, 0.15) is 17.7 Å². The second-order valence-electron chi connectivity index (χ2n) is 9.37. The van der Waals surface area contributed by atoms with Gasteiger partial charge in [-0.2, -0.15) is 5.26 Å². The van der Waals surface area contributed by atoms with Gasteiger partial charge in [0.25, 0.3) is 0 Å². The van der Waals surface area contributed by atoms with E-state index in [1.54, 1.807) is 12.1 Å². The van der Waals surface area contributed by atoms with Gasteiger partial charge in [-0.1, -0.05) is 73.9 Å². The van der Waals surface area contributed by atoms with E-state index >= 15 is 4.39 Å². The van der Waals surface area contributed by atoms with Gasteiger partial charge >= 0.3 is 0 Å². The summed E-state index contributed by atoms with van der Waals surface area (Å²) in [6, 6.07) is 24.7. The van der Waals surface area contributed by atoms with Crippen molar-refractivity contribution >= 4 is 8.80 Å². The number of benzene rings is 3. The van der Waals surface area contributed by atoms with Crippen LogP contribution in [0.25, 0.3) is 11.1 Å². The minimum absolute atomic E-state index is 0.0715. The molecular formula is C29H31F2NSi. The van der Waals surface area contributed by atoms with Crippen molar-refractivity contribution in [2.75, 3.05) is 0 Å². The van der Waals surface area contributed by atoms with E-state index in [1.165, 1.54) is 49.5 Å². The van der Waals surface area contributed by atoms with Crippen LogP contribution in [0.1, 0.15) is 54.4 Å². The molecule has 0 amide bonds. The lowest BCUT2D eigenvalue weighted by molar-refractivity contribution is 0.589. The molecule has 1 fully saturated rings. The Kier molecular flexibility index (Phi) is 7.72. The molecule has 0 atom stereocenters. The minimum Gasteiger partial charge on any atom is -0.206 e. The Labute approximate surface area is 197 Å². The largest absolute Gasteiger partial charge is 0.206 e. The molecule has 0 aliphatic carbocycles. The highest BCUT2D eigenvalue weighted by Crippen LogP contribution is 2.36. The van der Waals surface area contributed by atoms with Gasteiger partial charge in [0, 0.05) is 14.4 Å². The van der Waals surface area contributed by atoms with Crippen LogP contribution >= 0.6 is 0 Å². The van der Waals surface area contributed by atoms with E-state index in [-0.39, 0.29) is 11.4 Å². The van der Waals surface area contributed by atoms with Gasteiger partial charge in [-0.3, -0.25) is 0 Å². The van der Waals surface area contributed by atoms with E-state index in [4.69, 9.17) is 5.26 Å². The number of hydrogen-bond acceptors (Lipinski definition) is 1. The fraction of sp³-hybridized carbons (Fsp3) is 0.345. The van der Waals surface area contributed by atoms with Gasteiger partial charge in [-0.15, -0.1) is 0 Å². The third-order valence-corrected chi connectivity index (χ3v) is 10.8. The Morgan fingerprint density at radius 3 is 2.21 bits per heavy atom. The number of hydrogen-bond donors (Lipinski definition) is 0. The average Bonchev–Trinajstić information content (AvgIpc) is 2.84. The third kappa shape index (κ3) is 5.78. The SMILES string of the molecule is CCC[Si@H]1CC[C@H](c2ccc(-c3ccc(CCc4ccc(C#N)c(F)c4)cc3)c(F)c2)CC1. The maximum absolute atomic E-state index is 15.0. The molecule has 170 valence electrons. The van der Waals surface area contributed by atoms with Crippen molar-refractivity contribution in [3.63, 3.8) is 0 Å². The van der Waals surface area contributed by atoms with Crippen LogP contribution in [0.5, 0.6) is 0 Å². The molecular weight excluding hydrogens is 428 g/mol. The summed E-state index contributed by atoms with van der Waals surface area (Å²) < 4.78 is 28.8. The van der Waals surface area contributed by atoms with Gasteiger partial charge in [0.15, 0.2) is 0 Å². The first-order chi connectivity index (χ1) is 16.1. The van der Waals surface area contributed by atoms with E-state index in [2.05, 4.69) is 13.0 Å². The molecule has 1 saturated heterocycles. The first kappa shape index (κ1) is 23.4. The van der Waals surface area contributed by atoms with Crippen molar-refractivity contribution in [2.45, 2.75) is 63.1 Å². The van der Waals surface area contributed by atoms with Crippen LogP contribution < -0.4 is 0 Å². The summed E-state index contributed by atoms with van der Waals surface area (Å²) in [5.41, 5.74) is 4.74. The smallest absolute Gasteiger partial charge is 0.141 e. The van der Waals surface area contributed by atoms with Crippen molar-refractivity contribution in [2.24, 2.45) is 0 Å². The Bertz CT molecular complexity index is 1130. The molecule has 0 N–H and O–H groups in total. The number of nitriles is 1. The summed E-state index contributed by atoms with van der Waals surface area (Å²) in [7, 11) is -0.522. The normalized spacial score (nSPS) is 18.1. The van der Waals surface area contributed by atoms with Crippen LogP contribution in [0, 0.1) is 23.0 Å². The van der Waals surface area contributed by atoms with Crippen molar-refractivity contribution in [1.82, 2.24) is 0 Å². The number of rotatable bonds is 7. The van der Waals surface area contributed by atoms with Crippen LogP contribution in [-0.2, 0) is 12.8 Å². The molecule has 3 aromatic carbocycles. The zero-order valence-corrected chi connectivity index (χ0v) is 20.4. The molecule has 0 aromatic heterocycles. The standard InChI is InChI=1S/C29H31F2NSi/c1-2-15-33-16-13-23(14-17-33)25-11-12-27(29(31)19-25)24-8-5-21(6-9-24)3-4-22-7-10-26(20-32)28(30)18-22/h5-12,18-19,23,33H,2-4,13-17H2,1H3/t23-,33-. The minimum atomic E-state index is -0.522. The highest BCUT2D eigenvalue weighted by atomic mass is 28.3. The monoisotopic (exact) mass is 459 g/mol. The maximum atomic E-state index is 15.0. The third-order valence-electron chi connectivity index (χ3n) is 7.13. The number of nitrogens with zero attached hydrogens (tertiary/aromatic N) is 1. The molecule has 1 aliphatic rings. The summed E-state index contributed by atoms with van der Waals surface area (Å²) in [6.07, 6.45) is 5.23. The molecule has 1 heterocycles. The molecule has 0 radical (unpaired) electrons. The number of aryl methyl sites for hydroxylation is 2. The first-order valence-corrected chi connectivity index (χ1v) is 14.6. The van der Waals surface area contributed by atoms with E-state index in [9.17, 15) is 4.39 Å². The molecule has 0 spiro atoms. The van der Waals surface area contributed by atoms with Gasteiger partial charge in [-0.25, -0.2) is 8.78 Å². The fourth-order valence-corrected chi connectivity index (χ4v) is 8.59. The highest BCUT2D eigenvalue weighted by molar-refractivity contribution is 6.59. The van der Waals surface area contributed by atoms with Crippen molar-refractivity contribution in [3.05, 3.63) is 94.6 Å². The topological polar surface area (TPSA) is 23.8 Å². The van der Waals surface area contributed by atoms with Crippen LogP contribution in [0.3, 0.4) is 0 Å². The Morgan fingerprint density at radius 1 is 0.879 bits per heavy atom. The van der Waals surface area contributed by atoms with Crippen molar-refractivity contribution in [1.29, 1.82) is 5.26 Å². The Hall–Kier alpha value is -2.77. The van der Waals surface area contributed by atoms with Crippen molar-refractivity contribution in [3.8, 4) is 17.2 Å². The Morgan fingerprint density at radius 2 is 1.58 bits per heavy atom. The van der Waals surface area contributed by atoms with Crippen LogP contribution in [0.15, 0.2) is 60.7 Å². The summed E-state index contributed by atoms with van der Waals surface area (Å²) in [6.45, 7) is 2.29. The quantitative estimate of drug-likeness (QED) is 0.331.